The Morgan fingerprint density at radius 3 is 2.68 bits per heavy atom. The summed E-state index contributed by atoms with van der Waals surface area (Å²) in [6.45, 7) is 1.90. The maximum Gasteiger partial charge on any atom is 0.248 e. The summed E-state index contributed by atoms with van der Waals surface area (Å²) in [5, 5.41) is 10.2. The number of para-hydroxylation sites is 1. The Balaban J connectivity index is 1.58. The van der Waals surface area contributed by atoms with Gasteiger partial charge in [-0.2, -0.15) is 0 Å². The number of nitrogens with zero attached hydrogens (tertiary/aromatic N) is 4. The van der Waals surface area contributed by atoms with Gasteiger partial charge in [-0.15, -0.1) is 10.2 Å². The number of aryl methyl sites for hydroxylation is 1. The van der Waals surface area contributed by atoms with Crippen LogP contribution in [0.4, 0.5) is 0 Å². The van der Waals surface area contributed by atoms with E-state index in [0.717, 1.165) is 31.8 Å². The Morgan fingerprint density at radius 1 is 1.00 bits per heavy atom. The van der Waals surface area contributed by atoms with Gasteiger partial charge in [0.2, 0.25) is 11.8 Å². The normalized spacial score (nSPS) is 11.1. The molecule has 0 fully saturated rings. The minimum atomic E-state index is 0.506. The molecule has 0 spiro atoms. The van der Waals surface area contributed by atoms with Crippen molar-refractivity contribution in [1.82, 2.24) is 20.2 Å². The summed E-state index contributed by atoms with van der Waals surface area (Å²) in [5.41, 5.74) is 1.83. The van der Waals surface area contributed by atoms with Crippen LogP contribution in [0.25, 0.3) is 22.4 Å². The number of halogens is 1. The zero-order valence-electron chi connectivity index (χ0n) is 13.3. The number of benzene rings is 2. The number of aromatic nitrogens is 4. The van der Waals surface area contributed by atoms with Crippen LogP contribution in [0.3, 0.4) is 0 Å². The van der Waals surface area contributed by atoms with Gasteiger partial charge < -0.3 is 4.42 Å². The van der Waals surface area contributed by atoms with Crippen molar-refractivity contribution in [1.29, 1.82) is 0 Å². The molecule has 0 atom stereocenters. The molecule has 0 unspecified atom stereocenters. The molecular weight excluding hydrogens is 400 g/mol. The molecule has 0 saturated heterocycles. The molecule has 0 aliphatic rings. The molecule has 124 valence electrons. The molecular formula is C18H13BrN4OS. The average Bonchev–Trinajstić information content (AvgIpc) is 3.08. The van der Waals surface area contributed by atoms with E-state index in [2.05, 4.69) is 36.1 Å². The van der Waals surface area contributed by atoms with Crippen molar-refractivity contribution in [3.05, 3.63) is 64.7 Å². The lowest BCUT2D eigenvalue weighted by molar-refractivity contribution is 0.528. The summed E-state index contributed by atoms with van der Waals surface area (Å²) in [6, 6.07) is 15.8. The third-order valence-corrected chi connectivity index (χ3v) is 5.25. The first-order valence-corrected chi connectivity index (χ1v) is 9.42. The third-order valence-electron chi connectivity index (χ3n) is 3.58. The number of thioether (sulfide) groups is 1. The Hall–Kier alpha value is -2.25. The highest BCUT2D eigenvalue weighted by atomic mass is 79.9. The lowest BCUT2D eigenvalue weighted by Crippen LogP contribution is -1.93. The Bertz CT molecular complexity index is 1050. The van der Waals surface area contributed by atoms with Gasteiger partial charge in [-0.1, -0.05) is 42.1 Å². The van der Waals surface area contributed by atoms with Crippen molar-refractivity contribution < 1.29 is 4.42 Å². The predicted octanol–water partition coefficient (Wildman–Crippen LogP) is 5.04. The first-order valence-electron chi connectivity index (χ1n) is 7.64. The van der Waals surface area contributed by atoms with Crippen LogP contribution in [0.15, 0.2) is 62.4 Å². The molecule has 4 rings (SSSR count). The fraction of sp³-hybridized carbons (Fsp3) is 0.111. The topological polar surface area (TPSA) is 64.7 Å². The van der Waals surface area contributed by atoms with Crippen LogP contribution in [0, 0.1) is 6.92 Å². The van der Waals surface area contributed by atoms with Crippen LogP contribution >= 0.6 is 27.7 Å². The number of hydrogen-bond donors (Lipinski definition) is 0. The average molecular weight is 413 g/mol. The monoisotopic (exact) mass is 412 g/mol. The molecule has 2 heterocycles. The van der Waals surface area contributed by atoms with Crippen molar-refractivity contribution in [3.8, 4) is 11.5 Å². The lowest BCUT2D eigenvalue weighted by Gasteiger charge is -2.05. The molecule has 25 heavy (non-hydrogen) atoms. The van der Waals surface area contributed by atoms with Crippen LogP contribution in [-0.2, 0) is 5.75 Å². The highest BCUT2D eigenvalue weighted by Gasteiger charge is 2.13. The number of rotatable bonds is 4. The Labute approximate surface area is 157 Å². The maximum atomic E-state index is 5.80. The fourth-order valence-corrected chi connectivity index (χ4v) is 3.81. The van der Waals surface area contributed by atoms with Gasteiger partial charge in [-0.3, -0.25) is 0 Å². The lowest BCUT2D eigenvalue weighted by atomic mass is 10.2. The van der Waals surface area contributed by atoms with Crippen LogP contribution in [0.2, 0.25) is 0 Å². The van der Waals surface area contributed by atoms with Gasteiger partial charge in [0.05, 0.1) is 16.8 Å². The summed E-state index contributed by atoms with van der Waals surface area (Å²) >= 11 is 5.07. The van der Waals surface area contributed by atoms with E-state index in [0.29, 0.717) is 17.5 Å². The van der Waals surface area contributed by atoms with E-state index in [1.807, 2.05) is 55.5 Å². The van der Waals surface area contributed by atoms with Crippen molar-refractivity contribution in [3.63, 3.8) is 0 Å². The van der Waals surface area contributed by atoms with E-state index in [1.165, 1.54) is 0 Å². The van der Waals surface area contributed by atoms with Crippen LogP contribution < -0.4 is 0 Å². The largest absolute Gasteiger partial charge is 0.420 e. The fourth-order valence-electron chi connectivity index (χ4n) is 2.45. The SMILES string of the molecule is Cc1nc(SCc2nnc(-c3ccccc3Br)o2)c2ccccc2n1. The Kier molecular flexibility index (Phi) is 4.50. The molecule has 0 radical (unpaired) electrons. The number of hydrogen-bond acceptors (Lipinski definition) is 6. The number of fused-ring (bicyclic) bond motifs is 1. The predicted molar refractivity (Wildman–Crippen MR) is 101 cm³/mol. The van der Waals surface area contributed by atoms with Crippen LogP contribution in [0.1, 0.15) is 11.7 Å². The molecule has 0 saturated carbocycles. The second-order valence-electron chi connectivity index (χ2n) is 5.36. The maximum absolute atomic E-state index is 5.80. The minimum Gasteiger partial charge on any atom is -0.420 e. The molecule has 0 N–H and O–H groups in total. The van der Waals surface area contributed by atoms with Crippen LogP contribution in [0.5, 0.6) is 0 Å². The molecule has 0 amide bonds. The molecule has 0 bridgehead atoms. The molecule has 2 aromatic heterocycles. The second-order valence-corrected chi connectivity index (χ2v) is 7.18. The molecule has 2 aromatic carbocycles. The zero-order chi connectivity index (χ0) is 17.2. The van der Waals surface area contributed by atoms with Gasteiger partial charge in [0.1, 0.15) is 10.9 Å². The summed E-state index contributed by atoms with van der Waals surface area (Å²) in [4.78, 5) is 9.01. The van der Waals surface area contributed by atoms with Crippen molar-refractivity contribution >= 4 is 38.6 Å². The zero-order valence-corrected chi connectivity index (χ0v) is 15.7. The van der Waals surface area contributed by atoms with Gasteiger partial charge >= 0.3 is 0 Å². The smallest absolute Gasteiger partial charge is 0.248 e. The van der Waals surface area contributed by atoms with Gasteiger partial charge in [0.25, 0.3) is 0 Å². The standard InChI is InChI=1S/C18H13BrN4OS/c1-11-20-15-9-5-3-7-13(15)18(21-11)25-10-16-22-23-17(24-16)12-6-2-4-8-14(12)19/h2-9H,10H2,1H3. The van der Waals surface area contributed by atoms with E-state index in [-0.39, 0.29) is 0 Å². The second kappa shape index (κ2) is 6.93. The molecule has 0 aliphatic carbocycles. The highest BCUT2D eigenvalue weighted by molar-refractivity contribution is 9.10. The Morgan fingerprint density at radius 2 is 1.80 bits per heavy atom. The van der Waals surface area contributed by atoms with Crippen molar-refractivity contribution in [2.45, 2.75) is 17.7 Å². The van der Waals surface area contributed by atoms with Crippen molar-refractivity contribution in [2.75, 3.05) is 0 Å². The molecule has 7 heteroatoms. The summed E-state index contributed by atoms with van der Waals surface area (Å²) in [6.07, 6.45) is 0. The highest BCUT2D eigenvalue weighted by Crippen LogP contribution is 2.30. The van der Waals surface area contributed by atoms with Gasteiger partial charge in [-0.05, 0) is 41.1 Å². The summed E-state index contributed by atoms with van der Waals surface area (Å²) in [5.74, 6) is 2.38. The van der Waals surface area contributed by atoms with E-state index in [4.69, 9.17) is 4.42 Å². The van der Waals surface area contributed by atoms with E-state index >= 15 is 0 Å². The third kappa shape index (κ3) is 3.43. The molecule has 4 aromatic rings. The van der Waals surface area contributed by atoms with E-state index in [9.17, 15) is 0 Å². The molecule has 0 aliphatic heterocycles. The van der Waals surface area contributed by atoms with Crippen LogP contribution in [-0.4, -0.2) is 20.2 Å². The molecule has 5 nitrogen and oxygen atoms in total. The van der Waals surface area contributed by atoms with Gasteiger partial charge in [0.15, 0.2) is 0 Å². The van der Waals surface area contributed by atoms with Gasteiger partial charge in [-0.25, -0.2) is 9.97 Å². The van der Waals surface area contributed by atoms with E-state index in [1.54, 1.807) is 11.8 Å². The summed E-state index contributed by atoms with van der Waals surface area (Å²) in [7, 11) is 0. The first kappa shape index (κ1) is 16.2. The van der Waals surface area contributed by atoms with Gasteiger partial charge in [0, 0.05) is 9.86 Å². The quantitative estimate of drug-likeness (QED) is 0.345. The van der Waals surface area contributed by atoms with E-state index < -0.39 is 0 Å². The summed E-state index contributed by atoms with van der Waals surface area (Å²) < 4.78 is 6.72. The van der Waals surface area contributed by atoms with Crippen molar-refractivity contribution in [2.24, 2.45) is 0 Å². The minimum absolute atomic E-state index is 0.506. The first-order chi connectivity index (χ1) is 12.2.